The van der Waals surface area contributed by atoms with Crippen molar-refractivity contribution in [2.75, 3.05) is 18.1 Å². The van der Waals surface area contributed by atoms with Gasteiger partial charge in [-0.15, -0.1) is 0 Å². The molecule has 1 fully saturated rings. The maximum atomic E-state index is 12.0. The van der Waals surface area contributed by atoms with E-state index in [1.165, 1.54) is 0 Å². The first-order valence-electron chi connectivity index (χ1n) is 8.81. The molecule has 0 aliphatic carbocycles. The lowest BCUT2D eigenvalue weighted by molar-refractivity contribution is -0.123. The van der Waals surface area contributed by atoms with E-state index in [9.17, 15) is 9.59 Å². The Morgan fingerprint density at radius 3 is 2.71 bits per heavy atom. The second-order valence-electron chi connectivity index (χ2n) is 6.10. The number of hydrogen-bond acceptors (Lipinski definition) is 6. The van der Waals surface area contributed by atoms with E-state index in [1.807, 2.05) is 24.3 Å². The van der Waals surface area contributed by atoms with Crippen molar-refractivity contribution in [1.82, 2.24) is 14.8 Å². The Labute approximate surface area is 161 Å². The van der Waals surface area contributed by atoms with Gasteiger partial charge in [0, 0.05) is 37.4 Å². The van der Waals surface area contributed by atoms with Crippen LogP contribution in [0.25, 0.3) is 11.4 Å². The predicted octanol–water partition coefficient (Wildman–Crippen LogP) is 0.183. The van der Waals surface area contributed by atoms with E-state index in [-0.39, 0.29) is 25.4 Å². The fraction of sp³-hybridized carbons (Fsp3) is 0.389. The summed E-state index contributed by atoms with van der Waals surface area (Å²) < 4.78 is 1.67. The van der Waals surface area contributed by atoms with Gasteiger partial charge in [-0.05, 0) is 25.0 Å². The van der Waals surface area contributed by atoms with Crippen LogP contribution in [0.5, 0.6) is 0 Å². The van der Waals surface area contributed by atoms with Gasteiger partial charge in [0.2, 0.25) is 11.8 Å². The van der Waals surface area contributed by atoms with E-state index in [1.54, 1.807) is 9.58 Å². The summed E-state index contributed by atoms with van der Waals surface area (Å²) in [6.07, 6.45) is 1.91. The molecular weight excluding hydrogens is 366 g/mol. The number of carbonyl (C=O) groups is 3. The average molecular weight is 389 g/mol. The molecule has 1 aliphatic heterocycles. The number of carbonyl (C=O) groups excluding carboxylic acids is 2. The Balaban J connectivity index is 0.000000878. The number of rotatable bonds is 7. The van der Waals surface area contributed by atoms with Crippen molar-refractivity contribution in [1.29, 1.82) is 0 Å². The summed E-state index contributed by atoms with van der Waals surface area (Å²) in [5, 5.41) is 20.3. The summed E-state index contributed by atoms with van der Waals surface area (Å²) in [5.74, 6) is 0.567. The van der Waals surface area contributed by atoms with Crippen LogP contribution in [0.2, 0.25) is 0 Å². The fourth-order valence-corrected chi connectivity index (χ4v) is 2.94. The van der Waals surface area contributed by atoms with Crippen LogP contribution in [0.4, 0.5) is 5.69 Å². The van der Waals surface area contributed by atoms with Gasteiger partial charge in [0.05, 0.1) is 6.42 Å². The Morgan fingerprint density at radius 2 is 2.11 bits per heavy atom. The first kappa shape index (κ1) is 21.0. The lowest BCUT2D eigenvalue weighted by atomic mass is 10.1. The van der Waals surface area contributed by atoms with Crippen LogP contribution in [0.3, 0.4) is 0 Å². The van der Waals surface area contributed by atoms with Gasteiger partial charge in [-0.3, -0.25) is 14.4 Å². The number of anilines is 1. The van der Waals surface area contributed by atoms with Gasteiger partial charge in [-0.1, -0.05) is 12.1 Å². The van der Waals surface area contributed by atoms with Crippen LogP contribution in [0, 0.1) is 0 Å². The number of carboxylic acid groups (broad SMARTS) is 1. The Morgan fingerprint density at radius 1 is 1.36 bits per heavy atom. The van der Waals surface area contributed by atoms with Gasteiger partial charge in [-0.25, -0.2) is 9.67 Å². The largest absolute Gasteiger partial charge is 0.483 e. The number of aliphatic hydroxyl groups excluding tert-OH is 1. The number of nitrogens with two attached hydrogens (primary N) is 1. The number of amides is 2. The molecule has 0 spiro atoms. The Kier molecular flexibility index (Phi) is 7.64. The van der Waals surface area contributed by atoms with Crippen LogP contribution in [-0.2, 0) is 27.3 Å². The molecule has 1 aromatic heterocycles. The van der Waals surface area contributed by atoms with Gasteiger partial charge >= 0.3 is 0 Å². The van der Waals surface area contributed by atoms with Crippen molar-refractivity contribution in [2.24, 2.45) is 5.73 Å². The van der Waals surface area contributed by atoms with Crippen LogP contribution < -0.4 is 10.6 Å². The maximum Gasteiger partial charge on any atom is 0.290 e. The van der Waals surface area contributed by atoms with Crippen LogP contribution in [-0.4, -0.2) is 56.4 Å². The molecular formula is C18H23N5O5. The topological polar surface area (TPSA) is 152 Å². The van der Waals surface area contributed by atoms with Crippen molar-refractivity contribution in [2.45, 2.75) is 32.2 Å². The van der Waals surface area contributed by atoms with Gasteiger partial charge in [-0.2, -0.15) is 5.10 Å². The monoisotopic (exact) mass is 389 g/mol. The highest BCUT2D eigenvalue weighted by molar-refractivity contribution is 5.95. The molecule has 10 heteroatoms. The van der Waals surface area contributed by atoms with Gasteiger partial charge in [0.25, 0.3) is 6.47 Å². The minimum Gasteiger partial charge on any atom is -0.483 e. The molecule has 2 heterocycles. The highest BCUT2D eigenvalue weighted by Gasteiger charge is 2.22. The van der Waals surface area contributed by atoms with Crippen LogP contribution in [0.15, 0.2) is 24.3 Å². The fourth-order valence-electron chi connectivity index (χ4n) is 2.94. The van der Waals surface area contributed by atoms with Crippen LogP contribution in [0.1, 0.15) is 25.1 Å². The number of aryl methyl sites for hydroxylation is 1. The highest BCUT2D eigenvalue weighted by Crippen LogP contribution is 2.27. The Hall–Kier alpha value is -3.27. The molecule has 0 unspecified atom stereocenters. The van der Waals surface area contributed by atoms with Crippen molar-refractivity contribution in [3.8, 4) is 11.4 Å². The lowest BCUT2D eigenvalue weighted by Crippen LogP contribution is -2.23. The quantitative estimate of drug-likeness (QED) is 0.571. The number of aliphatic hydroxyl groups is 1. The molecule has 1 saturated heterocycles. The van der Waals surface area contributed by atoms with Crippen molar-refractivity contribution < 1.29 is 24.6 Å². The molecule has 0 bridgehead atoms. The zero-order valence-corrected chi connectivity index (χ0v) is 15.3. The van der Waals surface area contributed by atoms with E-state index in [0.717, 1.165) is 17.7 Å². The molecule has 1 aliphatic rings. The molecule has 10 nitrogen and oxygen atoms in total. The van der Waals surface area contributed by atoms with E-state index in [4.69, 9.17) is 20.7 Å². The number of aromatic nitrogens is 3. The summed E-state index contributed by atoms with van der Waals surface area (Å²) in [6, 6.07) is 7.55. The molecule has 150 valence electrons. The summed E-state index contributed by atoms with van der Waals surface area (Å²) in [5.41, 5.74) is 6.86. The third kappa shape index (κ3) is 5.36. The molecule has 0 radical (unpaired) electrons. The van der Waals surface area contributed by atoms with Crippen molar-refractivity contribution >= 4 is 24.0 Å². The number of benzene rings is 1. The first-order chi connectivity index (χ1) is 13.5. The SMILES string of the molecule is NC(=O)Cc1nc(-c2cccc(N3CCCC3=O)c2)n(CCCO)n1.O=CO. The van der Waals surface area contributed by atoms with Gasteiger partial charge in [0.1, 0.15) is 0 Å². The van der Waals surface area contributed by atoms with Crippen molar-refractivity contribution in [3.63, 3.8) is 0 Å². The summed E-state index contributed by atoms with van der Waals surface area (Å²) in [4.78, 5) is 37.7. The van der Waals surface area contributed by atoms with E-state index in [2.05, 4.69) is 10.1 Å². The van der Waals surface area contributed by atoms with Gasteiger partial charge < -0.3 is 20.8 Å². The molecule has 2 aromatic rings. The van der Waals surface area contributed by atoms with E-state index >= 15 is 0 Å². The standard InChI is InChI=1S/C17H21N5O3.CH2O2/c18-14(24)11-15-19-17(22(20-15)8-3-9-23)12-4-1-5-13(10-12)21-7-2-6-16(21)25;2-1-3/h1,4-5,10,23H,2-3,6-9,11H2,(H2,18,24);1H,(H,2,3). The molecule has 4 N–H and O–H groups in total. The third-order valence-electron chi connectivity index (χ3n) is 4.07. The smallest absolute Gasteiger partial charge is 0.290 e. The summed E-state index contributed by atoms with van der Waals surface area (Å²) >= 11 is 0. The first-order valence-corrected chi connectivity index (χ1v) is 8.81. The lowest BCUT2D eigenvalue weighted by Gasteiger charge is -2.16. The second kappa shape index (κ2) is 10.2. The molecule has 1 aromatic carbocycles. The number of primary amides is 1. The van der Waals surface area contributed by atoms with Gasteiger partial charge in [0.15, 0.2) is 11.6 Å². The second-order valence-corrected chi connectivity index (χ2v) is 6.10. The summed E-state index contributed by atoms with van der Waals surface area (Å²) in [7, 11) is 0. The van der Waals surface area contributed by atoms with E-state index < -0.39 is 5.91 Å². The molecule has 2 amide bonds. The third-order valence-corrected chi connectivity index (χ3v) is 4.07. The molecule has 0 atom stereocenters. The number of nitrogens with zero attached hydrogens (tertiary/aromatic N) is 4. The average Bonchev–Trinajstić information content (AvgIpc) is 3.26. The van der Waals surface area contributed by atoms with Crippen LogP contribution >= 0.6 is 0 Å². The Bertz CT molecular complexity index is 836. The van der Waals surface area contributed by atoms with E-state index in [0.29, 0.717) is 37.6 Å². The zero-order chi connectivity index (χ0) is 20.5. The molecule has 3 rings (SSSR count). The van der Waals surface area contributed by atoms with Crippen molar-refractivity contribution in [3.05, 3.63) is 30.1 Å². The minimum atomic E-state index is -0.498. The minimum absolute atomic E-state index is 0.0345. The maximum absolute atomic E-state index is 12.0. The number of hydrogen-bond donors (Lipinski definition) is 3. The zero-order valence-electron chi connectivity index (χ0n) is 15.3. The highest BCUT2D eigenvalue weighted by atomic mass is 16.3. The normalized spacial score (nSPS) is 13.2. The molecule has 0 saturated carbocycles. The summed E-state index contributed by atoms with van der Waals surface area (Å²) in [6.45, 7) is 0.976. The molecule has 28 heavy (non-hydrogen) atoms. The predicted molar refractivity (Wildman–Crippen MR) is 100 cm³/mol.